The molecule has 0 bridgehead atoms. The Bertz CT molecular complexity index is 157. The summed E-state index contributed by atoms with van der Waals surface area (Å²) in [7, 11) is 0. The number of rotatable bonds is 0. The monoisotopic (exact) mass is 112 g/mol. The van der Waals surface area contributed by atoms with Gasteiger partial charge in [-0.25, -0.2) is 0 Å². The van der Waals surface area contributed by atoms with E-state index < -0.39 is 11.6 Å². The number of allylic oxidation sites excluding steroid dienone is 1. The van der Waals surface area contributed by atoms with Crippen molar-refractivity contribution in [2.24, 2.45) is 0 Å². The molecule has 8 heavy (non-hydrogen) atoms. The number of carbonyl (C=O) groups is 2. The molecule has 0 spiro atoms. The van der Waals surface area contributed by atoms with E-state index in [4.69, 9.17) is 0 Å². The standard InChI is InChI=1S/C5H4O3/c6-4-1-2-8-3-5(4)7/h1-2H,3H2. The number of ether oxygens (including phenoxy) is 1. The molecule has 0 radical (unpaired) electrons. The second-order valence-corrected chi connectivity index (χ2v) is 1.40. The molecular formula is C5H4O3. The lowest BCUT2D eigenvalue weighted by Gasteiger charge is -2.00. The lowest BCUT2D eigenvalue weighted by molar-refractivity contribution is -0.136. The van der Waals surface area contributed by atoms with Gasteiger partial charge in [-0.05, 0) is 0 Å². The first-order valence-corrected chi connectivity index (χ1v) is 2.16. The van der Waals surface area contributed by atoms with Gasteiger partial charge in [-0.3, -0.25) is 9.59 Å². The average molecular weight is 112 g/mol. The van der Waals surface area contributed by atoms with E-state index in [1.165, 1.54) is 6.26 Å². The highest BCUT2D eigenvalue weighted by molar-refractivity contribution is 6.42. The van der Waals surface area contributed by atoms with Crippen LogP contribution in [-0.4, -0.2) is 18.2 Å². The van der Waals surface area contributed by atoms with Crippen molar-refractivity contribution in [3.05, 3.63) is 12.3 Å². The Labute approximate surface area is 45.9 Å². The molecule has 1 aliphatic heterocycles. The molecule has 0 amide bonds. The number of carbonyl (C=O) groups excluding carboxylic acids is 2. The maximum atomic E-state index is 10.3. The molecule has 0 atom stereocenters. The summed E-state index contributed by atoms with van der Waals surface area (Å²) in [6.07, 6.45) is 2.34. The van der Waals surface area contributed by atoms with Crippen LogP contribution in [0.2, 0.25) is 0 Å². The van der Waals surface area contributed by atoms with Crippen molar-refractivity contribution in [2.75, 3.05) is 6.61 Å². The zero-order valence-corrected chi connectivity index (χ0v) is 4.09. The second-order valence-electron chi connectivity index (χ2n) is 1.40. The van der Waals surface area contributed by atoms with Crippen molar-refractivity contribution < 1.29 is 14.3 Å². The molecular weight excluding hydrogens is 108 g/mol. The largest absolute Gasteiger partial charge is 0.493 e. The van der Waals surface area contributed by atoms with Crippen molar-refractivity contribution in [1.29, 1.82) is 0 Å². The fourth-order valence-corrected chi connectivity index (χ4v) is 0.398. The summed E-state index contributed by atoms with van der Waals surface area (Å²) in [6, 6.07) is 0. The summed E-state index contributed by atoms with van der Waals surface area (Å²) < 4.78 is 4.50. The number of Topliss-reactive ketones (excluding diaryl/α,β-unsaturated/α-hetero) is 1. The molecule has 0 saturated carbocycles. The Kier molecular flexibility index (Phi) is 1.12. The summed E-state index contributed by atoms with van der Waals surface area (Å²) in [5.41, 5.74) is 0. The molecule has 0 aromatic carbocycles. The van der Waals surface area contributed by atoms with Crippen molar-refractivity contribution >= 4 is 11.6 Å². The summed E-state index contributed by atoms with van der Waals surface area (Å²) in [5, 5.41) is 0. The number of hydrogen-bond acceptors (Lipinski definition) is 3. The van der Waals surface area contributed by atoms with Crippen LogP contribution >= 0.6 is 0 Å². The van der Waals surface area contributed by atoms with Crippen LogP contribution in [0.1, 0.15) is 0 Å². The minimum absolute atomic E-state index is 0.102. The summed E-state index contributed by atoms with van der Waals surface area (Å²) >= 11 is 0. The Morgan fingerprint density at radius 1 is 1.50 bits per heavy atom. The number of ketones is 2. The molecule has 3 nitrogen and oxygen atoms in total. The Hall–Kier alpha value is -1.12. The first-order chi connectivity index (χ1) is 3.80. The van der Waals surface area contributed by atoms with Gasteiger partial charge in [0, 0.05) is 6.08 Å². The van der Waals surface area contributed by atoms with Gasteiger partial charge in [0.05, 0.1) is 6.26 Å². The van der Waals surface area contributed by atoms with E-state index in [0.717, 1.165) is 6.08 Å². The molecule has 0 aromatic heterocycles. The van der Waals surface area contributed by atoms with Crippen LogP contribution in [0.5, 0.6) is 0 Å². The minimum Gasteiger partial charge on any atom is -0.493 e. The van der Waals surface area contributed by atoms with E-state index in [1.807, 2.05) is 0 Å². The zero-order valence-electron chi connectivity index (χ0n) is 4.09. The highest BCUT2D eigenvalue weighted by Crippen LogP contribution is 1.90. The van der Waals surface area contributed by atoms with Crippen molar-refractivity contribution in [2.45, 2.75) is 0 Å². The fourth-order valence-electron chi connectivity index (χ4n) is 0.398. The minimum atomic E-state index is -0.479. The van der Waals surface area contributed by atoms with Gasteiger partial charge in [-0.1, -0.05) is 0 Å². The van der Waals surface area contributed by atoms with Crippen molar-refractivity contribution in [3.8, 4) is 0 Å². The van der Waals surface area contributed by atoms with Gasteiger partial charge in [-0.15, -0.1) is 0 Å². The van der Waals surface area contributed by atoms with E-state index in [9.17, 15) is 9.59 Å². The van der Waals surface area contributed by atoms with Crippen molar-refractivity contribution in [1.82, 2.24) is 0 Å². The van der Waals surface area contributed by atoms with Gasteiger partial charge in [0.1, 0.15) is 0 Å². The van der Waals surface area contributed by atoms with Gasteiger partial charge in [0.15, 0.2) is 6.61 Å². The molecule has 42 valence electrons. The third-order valence-electron chi connectivity index (χ3n) is 0.805. The van der Waals surface area contributed by atoms with Crippen LogP contribution in [-0.2, 0) is 14.3 Å². The second kappa shape index (κ2) is 1.78. The molecule has 0 saturated heterocycles. The molecule has 0 fully saturated rings. The molecule has 1 heterocycles. The Morgan fingerprint density at radius 3 is 2.62 bits per heavy atom. The fraction of sp³-hybridized carbons (Fsp3) is 0.200. The quantitative estimate of drug-likeness (QED) is 0.403. The van der Waals surface area contributed by atoms with Gasteiger partial charge in [0.25, 0.3) is 0 Å². The van der Waals surface area contributed by atoms with Crippen LogP contribution in [0.25, 0.3) is 0 Å². The average Bonchev–Trinajstić information content (AvgIpc) is 1.77. The number of hydrogen-bond donors (Lipinski definition) is 0. The third kappa shape index (κ3) is 0.753. The first kappa shape index (κ1) is 5.03. The van der Waals surface area contributed by atoms with E-state index in [0.29, 0.717) is 0 Å². The smallest absolute Gasteiger partial charge is 0.240 e. The van der Waals surface area contributed by atoms with Gasteiger partial charge in [0.2, 0.25) is 11.6 Å². The normalized spacial score (nSPS) is 18.5. The predicted molar refractivity (Wildman–Crippen MR) is 25.1 cm³/mol. The van der Waals surface area contributed by atoms with E-state index in [2.05, 4.69) is 4.74 Å². The maximum Gasteiger partial charge on any atom is 0.240 e. The van der Waals surface area contributed by atoms with Crippen LogP contribution in [0.15, 0.2) is 12.3 Å². The van der Waals surface area contributed by atoms with Gasteiger partial charge >= 0.3 is 0 Å². The lowest BCUT2D eigenvalue weighted by Crippen LogP contribution is -2.19. The maximum absolute atomic E-state index is 10.3. The SMILES string of the molecule is O=C1C=COCC1=O. The summed E-state index contributed by atoms with van der Waals surface area (Å²) in [5.74, 6) is -0.955. The van der Waals surface area contributed by atoms with E-state index >= 15 is 0 Å². The highest BCUT2D eigenvalue weighted by Gasteiger charge is 2.13. The van der Waals surface area contributed by atoms with Crippen molar-refractivity contribution in [3.63, 3.8) is 0 Å². The van der Waals surface area contributed by atoms with Crippen LogP contribution < -0.4 is 0 Å². The van der Waals surface area contributed by atoms with Gasteiger partial charge in [-0.2, -0.15) is 0 Å². The van der Waals surface area contributed by atoms with E-state index in [1.54, 1.807) is 0 Å². The molecule has 0 aliphatic carbocycles. The molecule has 1 aliphatic rings. The highest BCUT2D eigenvalue weighted by atomic mass is 16.5. The lowest BCUT2D eigenvalue weighted by atomic mass is 10.2. The predicted octanol–water partition coefficient (Wildman–Crippen LogP) is -0.332. The van der Waals surface area contributed by atoms with Gasteiger partial charge < -0.3 is 4.74 Å². The molecule has 0 unspecified atom stereocenters. The Balaban J connectivity index is 2.75. The first-order valence-electron chi connectivity index (χ1n) is 2.16. The molecule has 1 rings (SSSR count). The molecule has 3 heteroatoms. The zero-order chi connectivity index (χ0) is 5.98. The van der Waals surface area contributed by atoms with Crippen LogP contribution in [0, 0.1) is 0 Å². The van der Waals surface area contributed by atoms with Crippen LogP contribution in [0.4, 0.5) is 0 Å². The van der Waals surface area contributed by atoms with Crippen LogP contribution in [0.3, 0.4) is 0 Å². The Morgan fingerprint density at radius 2 is 2.25 bits per heavy atom. The van der Waals surface area contributed by atoms with E-state index in [-0.39, 0.29) is 6.61 Å². The summed E-state index contributed by atoms with van der Waals surface area (Å²) in [4.78, 5) is 20.5. The topological polar surface area (TPSA) is 43.4 Å². The summed E-state index contributed by atoms with van der Waals surface area (Å²) in [6.45, 7) is -0.102. The molecule has 0 N–H and O–H groups in total. The molecule has 0 aromatic rings. The third-order valence-corrected chi connectivity index (χ3v) is 0.805.